The fraction of sp³-hybridized carbons (Fsp3) is 0.652. The number of amides is 1. The number of aromatic nitrogens is 4. The molecule has 0 unspecified atom stereocenters. The summed E-state index contributed by atoms with van der Waals surface area (Å²) in [6, 6.07) is 0.285. The summed E-state index contributed by atoms with van der Waals surface area (Å²) >= 11 is 0. The van der Waals surface area contributed by atoms with E-state index in [1.165, 1.54) is 0 Å². The molecule has 4 rings (SSSR count). The van der Waals surface area contributed by atoms with Crippen molar-refractivity contribution in [2.45, 2.75) is 64.1 Å². The Hall–Kier alpha value is -2.89. The number of nitrogens with one attached hydrogen (secondary N) is 3. The van der Waals surface area contributed by atoms with Crippen LogP contribution < -0.4 is 16.0 Å². The monoisotopic (exact) mass is 494 g/mol. The van der Waals surface area contributed by atoms with Crippen LogP contribution in [-0.4, -0.2) is 63.3 Å². The van der Waals surface area contributed by atoms with E-state index >= 15 is 0 Å². The van der Waals surface area contributed by atoms with Crippen molar-refractivity contribution < 1.29 is 18.0 Å². The lowest BCUT2D eigenvalue weighted by molar-refractivity contribution is -0.137. The molecule has 0 spiro atoms. The summed E-state index contributed by atoms with van der Waals surface area (Å²) in [5, 5.41) is 13.7. The minimum absolute atomic E-state index is 0.0659. The van der Waals surface area contributed by atoms with Crippen LogP contribution in [0.1, 0.15) is 62.2 Å². The molecule has 4 heterocycles. The molecular weight excluding hydrogens is 461 g/mol. The molecular formula is C23H33F3N8O. The van der Waals surface area contributed by atoms with Crippen LogP contribution in [0.25, 0.3) is 0 Å². The van der Waals surface area contributed by atoms with Gasteiger partial charge in [-0.3, -0.25) is 9.48 Å². The van der Waals surface area contributed by atoms with E-state index in [1.807, 2.05) is 17.8 Å². The maximum atomic E-state index is 13.6. The van der Waals surface area contributed by atoms with Gasteiger partial charge < -0.3 is 20.9 Å². The molecule has 192 valence electrons. The molecule has 9 nitrogen and oxygen atoms in total. The van der Waals surface area contributed by atoms with Crippen molar-refractivity contribution in [3.63, 3.8) is 0 Å². The van der Waals surface area contributed by atoms with Crippen LogP contribution in [0.4, 0.5) is 30.6 Å². The van der Waals surface area contributed by atoms with Gasteiger partial charge in [-0.05, 0) is 52.1 Å². The topological polar surface area (TPSA) is 100 Å². The quantitative estimate of drug-likeness (QED) is 0.479. The number of nitrogens with zero attached hydrogens (tertiary/aromatic N) is 5. The number of halogens is 3. The number of piperidine rings is 1. The molecule has 0 bridgehead atoms. The van der Waals surface area contributed by atoms with Gasteiger partial charge in [0.1, 0.15) is 11.4 Å². The van der Waals surface area contributed by atoms with E-state index in [0.717, 1.165) is 57.1 Å². The van der Waals surface area contributed by atoms with Crippen molar-refractivity contribution in [3.05, 3.63) is 23.7 Å². The second-order valence-electron chi connectivity index (χ2n) is 9.14. The van der Waals surface area contributed by atoms with Gasteiger partial charge in [0, 0.05) is 38.4 Å². The lowest BCUT2D eigenvalue weighted by Gasteiger charge is -2.22. The lowest BCUT2D eigenvalue weighted by atomic mass is 10.1. The Morgan fingerprint density at radius 2 is 2.00 bits per heavy atom. The third-order valence-electron chi connectivity index (χ3n) is 6.51. The third kappa shape index (κ3) is 6.62. The molecule has 0 aliphatic carbocycles. The molecule has 2 aliphatic heterocycles. The number of carbonyl (C=O) groups is 1. The Labute approximate surface area is 202 Å². The standard InChI is InChI=1S/C23H33F3N8O/c1-16-19(15-34(32-16)17-7-10-27-11-8-17)30-22-29-14-18(23(24,25)26)21(31-22)28-9-5-13-33-12-4-2-3-6-20(33)35/h14-15,17,27H,2-13H2,1H3,(H2,28,29,30,31). The average molecular weight is 495 g/mol. The summed E-state index contributed by atoms with van der Waals surface area (Å²) < 4.78 is 42.6. The van der Waals surface area contributed by atoms with Gasteiger partial charge in [-0.2, -0.15) is 23.3 Å². The van der Waals surface area contributed by atoms with Crippen molar-refractivity contribution in [2.75, 3.05) is 43.4 Å². The van der Waals surface area contributed by atoms with Crippen molar-refractivity contribution in [1.82, 2.24) is 30.0 Å². The Morgan fingerprint density at radius 1 is 1.20 bits per heavy atom. The third-order valence-corrected chi connectivity index (χ3v) is 6.51. The Bertz CT molecular complexity index is 1000. The molecule has 2 fully saturated rings. The largest absolute Gasteiger partial charge is 0.421 e. The zero-order chi connectivity index (χ0) is 24.8. The van der Waals surface area contributed by atoms with Crippen LogP contribution in [0, 0.1) is 6.92 Å². The van der Waals surface area contributed by atoms with E-state index in [2.05, 4.69) is 31.0 Å². The number of hydrogen-bond acceptors (Lipinski definition) is 7. The number of aryl methyl sites for hydroxylation is 1. The molecule has 2 aromatic heterocycles. The van der Waals surface area contributed by atoms with E-state index < -0.39 is 11.7 Å². The first-order valence-corrected chi connectivity index (χ1v) is 12.3. The summed E-state index contributed by atoms with van der Waals surface area (Å²) in [5.41, 5.74) is 0.466. The zero-order valence-corrected chi connectivity index (χ0v) is 20.0. The highest BCUT2D eigenvalue weighted by Crippen LogP contribution is 2.34. The SMILES string of the molecule is Cc1nn(C2CCNCC2)cc1Nc1ncc(C(F)(F)F)c(NCCCN2CCCCCC2=O)n1. The number of carbonyl (C=O) groups excluding carboxylic acids is 1. The average Bonchev–Trinajstić information content (AvgIpc) is 3.06. The van der Waals surface area contributed by atoms with Crippen LogP contribution in [-0.2, 0) is 11.0 Å². The minimum atomic E-state index is -4.59. The van der Waals surface area contributed by atoms with Crippen LogP contribution in [0.5, 0.6) is 0 Å². The van der Waals surface area contributed by atoms with Gasteiger partial charge in [0.05, 0.1) is 17.4 Å². The van der Waals surface area contributed by atoms with Crippen molar-refractivity contribution in [1.29, 1.82) is 0 Å². The van der Waals surface area contributed by atoms with Gasteiger partial charge in [-0.15, -0.1) is 0 Å². The number of alkyl halides is 3. The van der Waals surface area contributed by atoms with Crippen molar-refractivity contribution >= 4 is 23.4 Å². The zero-order valence-electron chi connectivity index (χ0n) is 20.0. The molecule has 3 N–H and O–H groups in total. The highest BCUT2D eigenvalue weighted by Gasteiger charge is 2.35. The van der Waals surface area contributed by atoms with Gasteiger partial charge in [-0.25, -0.2) is 4.98 Å². The van der Waals surface area contributed by atoms with Crippen molar-refractivity contribution in [3.8, 4) is 0 Å². The summed E-state index contributed by atoms with van der Waals surface area (Å²) in [4.78, 5) is 22.0. The number of likely N-dealkylation sites (tertiary alicyclic amines) is 1. The molecule has 2 aliphatic rings. The highest BCUT2D eigenvalue weighted by molar-refractivity contribution is 5.76. The maximum Gasteiger partial charge on any atom is 0.421 e. The summed E-state index contributed by atoms with van der Waals surface area (Å²) in [6.45, 7) is 5.17. The van der Waals surface area contributed by atoms with E-state index in [9.17, 15) is 18.0 Å². The van der Waals surface area contributed by atoms with E-state index in [1.54, 1.807) is 4.90 Å². The summed E-state index contributed by atoms with van der Waals surface area (Å²) in [7, 11) is 0. The van der Waals surface area contributed by atoms with Crippen LogP contribution >= 0.6 is 0 Å². The molecule has 0 saturated carbocycles. The second-order valence-corrected chi connectivity index (χ2v) is 9.14. The first-order chi connectivity index (χ1) is 16.8. The smallest absolute Gasteiger partial charge is 0.369 e. The van der Waals surface area contributed by atoms with Crippen LogP contribution in [0.2, 0.25) is 0 Å². The normalized spacial score (nSPS) is 17.9. The fourth-order valence-electron chi connectivity index (χ4n) is 4.52. The molecule has 0 atom stereocenters. The Morgan fingerprint density at radius 3 is 2.77 bits per heavy atom. The van der Waals surface area contributed by atoms with Gasteiger partial charge in [0.25, 0.3) is 0 Å². The lowest BCUT2D eigenvalue weighted by Crippen LogP contribution is -2.32. The van der Waals surface area contributed by atoms with Crippen LogP contribution in [0.3, 0.4) is 0 Å². The maximum absolute atomic E-state index is 13.6. The molecule has 35 heavy (non-hydrogen) atoms. The van der Waals surface area contributed by atoms with E-state index in [0.29, 0.717) is 31.6 Å². The van der Waals surface area contributed by atoms with Gasteiger partial charge in [0.2, 0.25) is 11.9 Å². The van der Waals surface area contributed by atoms with Gasteiger partial charge in [0.15, 0.2) is 0 Å². The number of rotatable bonds is 8. The molecule has 12 heteroatoms. The van der Waals surface area contributed by atoms with Gasteiger partial charge in [-0.1, -0.05) is 6.42 Å². The fourth-order valence-corrected chi connectivity index (χ4v) is 4.52. The minimum Gasteiger partial charge on any atom is -0.369 e. The predicted molar refractivity (Wildman–Crippen MR) is 127 cm³/mol. The number of anilines is 3. The summed E-state index contributed by atoms with van der Waals surface area (Å²) in [6.07, 6.45) is 3.96. The first kappa shape index (κ1) is 25.2. The molecule has 1 amide bonds. The summed E-state index contributed by atoms with van der Waals surface area (Å²) in [5.74, 6) is -0.0934. The van der Waals surface area contributed by atoms with Crippen LogP contribution in [0.15, 0.2) is 12.4 Å². The van der Waals surface area contributed by atoms with E-state index in [4.69, 9.17) is 0 Å². The first-order valence-electron chi connectivity index (χ1n) is 12.3. The van der Waals surface area contributed by atoms with E-state index in [-0.39, 0.29) is 30.3 Å². The molecule has 2 saturated heterocycles. The van der Waals surface area contributed by atoms with Crippen molar-refractivity contribution in [2.24, 2.45) is 0 Å². The molecule has 2 aromatic rings. The van der Waals surface area contributed by atoms with Gasteiger partial charge >= 0.3 is 6.18 Å². The molecule has 0 radical (unpaired) electrons. The second kappa shape index (κ2) is 11.2. The molecule has 0 aromatic carbocycles. The Balaban J connectivity index is 1.42. The predicted octanol–water partition coefficient (Wildman–Crippen LogP) is 3.87. The number of hydrogen-bond donors (Lipinski definition) is 3. The Kier molecular flexibility index (Phi) is 8.09. The highest BCUT2D eigenvalue weighted by atomic mass is 19.4.